The van der Waals surface area contributed by atoms with Gasteiger partial charge in [0, 0.05) is 6.42 Å². The summed E-state index contributed by atoms with van der Waals surface area (Å²) in [5.74, 6) is 0. The molecule has 1 aliphatic rings. The van der Waals surface area contributed by atoms with Crippen LogP contribution in [0.5, 0.6) is 0 Å². The maximum Gasteiger partial charge on any atom is 0.472 e. The van der Waals surface area contributed by atoms with E-state index < -0.39 is 38.1 Å². The Bertz CT molecular complexity index is 765. The lowest BCUT2D eigenvalue weighted by Crippen LogP contribution is -2.44. The summed E-state index contributed by atoms with van der Waals surface area (Å²) in [6.07, 6.45) is -0.856. The molecule has 0 bridgehead atoms. The summed E-state index contributed by atoms with van der Waals surface area (Å²) < 4.78 is 35.6. The average Bonchev–Trinajstić information content (AvgIpc) is 2.85. The van der Waals surface area contributed by atoms with Gasteiger partial charge in [-0.1, -0.05) is 0 Å². The van der Waals surface area contributed by atoms with Crippen molar-refractivity contribution in [1.82, 2.24) is 9.97 Å². The normalized spacial score (nSPS) is 25.7. The summed E-state index contributed by atoms with van der Waals surface area (Å²) in [6.45, 7) is 7.17. The Kier molecular flexibility index (Phi) is 7.26. The summed E-state index contributed by atoms with van der Waals surface area (Å²) in [5, 5.41) is 0. The molecule has 2 heterocycles. The summed E-state index contributed by atoms with van der Waals surface area (Å²) in [6, 6.07) is 0. The SMILES string of the molecule is CC(C)OC[C@H]1O[C@@H]([n+]2c[nH]c(=O)[nH]c2=S)CC1OP(=O)(O)OC(C)C. The first-order chi connectivity index (χ1) is 12.1. The summed E-state index contributed by atoms with van der Waals surface area (Å²) in [4.78, 5) is 26.1. The number of nitrogens with one attached hydrogen (secondary N) is 2. The molecular weight excluding hydrogens is 385 g/mol. The third-order valence-electron chi connectivity index (χ3n) is 3.49. The van der Waals surface area contributed by atoms with Gasteiger partial charge in [-0.05, 0) is 39.9 Å². The van der Waals surface area contributed by atoms with Crippen LogP contribution in [0.4, 0.5) is 0 Å². The quantitative estimate of drug-likeness (QED) is 0.333. The van der Waals surface area contributed by atoms with Crippen LogP contribution in [0.1, 0.15) is 40.3 Å². The van der Waals surface area contributed by atoms with Crippen molar-refractivity contribution in [2.24, 2.45) is 0 Å². The number of rotatable bonds is 8. The molecule has 0 aliphatic carbocycles. The Morgan fingerprint density at radius 1 is 1.42 bits per heavy atom. The van der Waals surface area contributed by atoms with Crippen molar-refractivity contribution in [2.75, 3.05) is 6.61 Å². The number of hydrogen-bond acceptors (Lipinski definition) is 7. The van der Waals surface area contributed by atoms with Crippen molar-refractivity contribution in [3.05, 3.63) is 21.6 Å². The largest absolute Gasteiger partial charge is 0.472 e. The van der Waals surface area contributed by atoms with E-state index >= 15 is 0 Å². The van der Waals surface area contributed by atoms with E-state index in [9.17, 15) is 14.3 Å². The standard InChI is InChI=1S/C14H24N3O7PS/c1-8(2)21-6-11-10(24-25(19,20)23-9(3)4)5-12(22-11)17-7-15-13(18)16-14(17)26/h7-12H,5-6H2,1-4H3,(H2,16,18,19,20,26)/p+1/t10?,11-,12-/m1/s1. The van der Waals surface area contributed by atoms with Crippen molar-refractivity contribution in [1.29, 1.82) is 0 Å². The van der Waals surface area contributed by atoms with Gasteiger partial charge in [-0.3, -0.25) is 9.05 Å². The molecule has 0 saturated carbocycles. The second kappa shape index (κ2) is 8.83. The van der Waals surface area contributed by atoms with Gasteiger partial charge in [0.1, 0.15) is 12.2 Å². The zero-order valence-corrected chi connectivity index (χ0v) is 16.8. The van der Waals surface area contributed by atoms with E-state index in [0.29, 0.717) is 0 Å². The number of nitrogens with zero attached hydrogens (tertiary/aromatic N) is 1. The minimum absolute atomic E-state index is 0.0466. The second-order valence-corrected chi connectivity index (χ2v) is 8.20. The molecule has 10 nitrogen and oxygen atoms in total. The molecule has 3 N–H and O–H groups in total. The fraction of sp³-hybridized carbons (Fsp3) is 0.786. The molecule has 1 saturated heterocycles. The van der Waals surface area contributed by atoms with E-state index in [1.807, 2.05) is 13.8 Å². The van der Waals surface area contributed by atoms with Gasteiger partial charge >= 0.3 is 18.3 Å². The van der Waals surface area contributed by atoms with Gasteiger partial charge in [0.05, 0.1) is 18.8 Å². The minimum atomic E-state index is -4.26. The van der Waals surface area contributed by atoms with Crippen LogP contribution in [0, 0.1) is 4.77 Å². The van der Waals surface area contributed by atoms with Gasteiger partial charge in [0.15, 0.2) is 12.6 Å². The van der Waals surface area contributed by atoms with E-state index in [2.05, 4.69) is 9.97 Å². The van der Waals surface area contributed by atoms with E-state index in [0.717, 1.165) is 0 Å². The highest BCUT2D eigenvalue weighted by Gasteiger charge is 2.43. The van der Waals surface area contributed by atoms with E-state index in [1.165, 1.54) is 10.9 Å². The Morgan fingerprint density at radius 3 is 2.69 bits per heavy atom. The highest BCUT2D eigenvalue weighted by atomic mass is 32.1. The first kappa shape index (κ1) is 21.4. The van der Waals surface area contributed by atoms with Gasteiger partial charge < -0.3 is 14.4 Å². The molecule has 0 spiro atoms. The van der Waals surface area contributed by atoms with Gasteiger partial charge in [-0.25, -0.2) is 23.9 Å². The van der Waals surface area contributed by atoms with Crippen molar-refractivity contribution < 1.29 is 32.5 Å². The molecular formula is C14H25N3O7PS+. The molecule has 0 radical (unpaired) electrons. The summed E-state index contributed by atoms with van der Waals surface area (Å²) >= 11 is 5.13. The van der Waals surface area contributed by atoms with Crippen LogP contribution >= 0.6 is 20.0 Å². The fourth-order valence-corrected chi connectivity index (χ4v) is 3.89. The summed E-state index contributed by atoms with van der Waals surface area (Å²) in [5.41, 5.74) is -0.443. The Morgan fingerprint density at radius 2 is 2.12 bits per heavy atom. The number of aromatic nitrogens is 3. The molecule has 0 aromatic carbocycles. The lowest BCUT2D eigenvalue weighted by atomic mass is 10.2. The Hall–Kier alpha value is -0.940. The fourth-order valence-electron chi connectivity index (χ4n) is 2.48. The molecule has 1 aromatic rings. The van der Waals surface area contributed by atoms with Crippen LogP contribution in [0.15, 0.2) is 11.1 Å². The van der Waals surface area contributed by atoms with E-state index in [4.69, 9.17) is 30.7 Å². The number of H-pyrrole nitrogens is 2. The molecule has 12 heteroatoms. The smallest absolute Gasteiger partial charge is 0.376 e. The van der Waals surface area contributed by atoms with Crippen molar-refractivity contribution >= 4 is 20.0 Å². The molecule has 26 heavy (non-hydrogen) atoms. The Labute approximate surface area is 156 Å². The lowest BCUT2D eigenvalue weighted by molar-refractivity contribution is -0.770. The Balaban J connectivity index is 2.19. The second-order valence-electron chi connectivity index (χ2n) is 6.45. The zero-order chi connectivity index (χ0) is 19.5. The molecule has 1 aromatic heterocycles. The van der Waals surface area contributed by atoms with Gasteiger partial charge in [0.2, 0.25) is 0 Å². The van der Waals surface area contributed by atoms with Crippen LogP contribution in [0.3, 0.4) is 0 Å². The predicted molar refractivity (Wildman–Crippen MR) is 93.0 cm³/mol. The van der Waals surface area contributed by atoms with Crippen LogP contribution < -0.4 is 10.3 Å². The predicted octanol–water partition coefficient (Wildman–Crippen LogP) is 1.34. The topological polar surface area (TPSA) is 127 Å². The van der Waals surface area contributed by atoms with Gasteiger partial charge in [-0.15, -0.1) is 0 Å². The molecule has 1 fully saturated rings. The third-order valence-corrected chi connectivity index (χ3v) is 5.03. The van der Waals surface area contributed by atoms with Crippen molar-refractivity contribution in [3.8, 4) is 0 Å². The van der Waals surface area contributed by atoms with E-state index in [1.54, 1.807) is 13.8 Å². The van der Waals surface area contributed by atoms with Crippen molar-refractivity contribution in [2.45, 2.75) is 64.8 Å². The zero-order valence-electron chi connectivity index (χ0n) is 15.1. The number of aromatic amines is 2. The third kappa shape index (κ3) is 6.05. The van der Waals surface area contributed by atoms with Crippen LogP contribution in [0.2, 0.25) is 0 Å². The molecule has 2 rings (SSSR count). The van der Waals surface area contributed by atoms with Gasteiger partial charge in [-0.2, -0.15) is 0 Å². The highest BCUT2D eigenvalue weighted by Crippen LogP contribution is 2.48. The molecule has 148 valence electrons. The first-order valence-electron chi connectivity index (χ1n) is 8.27. The number of phosphoric ester groups is 1. The highest BCUT2D eigenvalue weighted by molar-refractivity contribution is 7.71. The summed E-state index contributed by atoms with van der Waals surface area (Å²) in [7, 11) is -4.26. The molecule has 0 amide bonds. The van der Waals surface area contributed by atoms with Crippen LogP contribution in [-0.4, -0.2) is 45.9 Å². The minimum Gasteiger partial charge on any atom is -0.376 e. The number of phosphoric acid groups is 1. The number of hydrogen-bond donors (Lipinski definition) is 3. The van der Waals surface area contributed by atoms with Gasteiger partial charge in [0.25, 0.3) is 0 Å². The average molecular weight is 410 g/mol. The molecule has 1 aliphatic heterocycles. The lowest BCUT2D eigenvalue weighted by Gasteiger charge is -2.22. The monoisotopic (exact) mass is 410 g/mol. The van der Waals surface area contributed by atoms with Crippen LogP contribution in [-0.2, 0) is 23.1 Å². The van der Waals surface area contributed by atoms with Crippen LogP contribution in [0.25, 0.3) is 0 Å². The van der Waals surface area contributed by atoms with E-state index in [-0.39, 0.29) is 23.9 Å². The maximum absolute atomic E-state index is 12.2. The first-order valence-corrected chi connectivity index (χ1v) is 10.2. The van der Waals surface area contributed by atoms with Crippen molar-refractivity contribution in [3.63, 3.8) is 0 Å². The maximum atomic E-state index is 12.2. The molecule has 2 unspecified atom stereocenters. The molecule has 4 atom stereocenters. The number of ether oxygens (including phenoxy) is 2.